The summed E-state index contributed by atoms with van der Waals surface area (Å²) in [4.78, 5) is 5.15. The Hall–Kier alpha value is -0.620. The molecule has 1 aromatic carbocycles. The summed E-state index contributed by atoms with van der Waals surface area (Å²) in [6.07, 6.45) is 1.55. The molecule has 0 spiro atoms. The molecule has 1 heterocycles. The zero-order chi connectivity index (χ0) is 11.5. The molecule has 1 unspecified atom stereocenters. The van der Waals surface area contributed by atoms with Crippen LogP contribution in [0.1, 0.15) is 18.5 Å². The van der Waals surface area contributed by atoms with Gasteiger partial charge in [-0.15, -0.1) is 0 Å². The maximum absolute atomic E-state index is 6.14. The molecular formula is C10H10ClN3S2. The molecule has 3 nitrogen and oxygen atoms in total. The second-order valence-electron chi connectivity index (χ2n) is 3.28. The molecule has 0 aliphatic carbocycles. The first kappa shape index (κ1) is 11.9. The van der Waals surface area contributed by atoms with Gasteiger partial charge in [0.1, 0.15) is 6.33 Å². The van der Waals surface area contributed by atoms with Crippen molar-refractivity contribution < 1.29 is 0 Å². The quantitative estimate of drug-likeness (QED) is 0.930. The molecular weight excluding hydrogens is 262 g/mol. The lowest BCUT2D eigenvalue weighted by Gasteiger charge is -2.08. The number of nitrogens with two attached hydrogens (primary N) is 1. The van der Waals surface area contributed by atoms with Crippen molar-refractivity contribution in [3.8, 4) is 0 Å². The van der Waals surface area contributed by atoms with E-state index in [1.54, 1.807) is 18.1 Å². The molecule has 1 aromatic heterocycles. The second kappa shape index (κ2) is 5.14. The van der Waals surface area contributed by atoms with E-state index in [2.05, 4.69) is 9.36 Å². The van der Waals surface area contributed by atoms with Crippen LogP contribution in [0, 0.1) is 0 Å². The molecule has 0 fully saturated rings. The van der Waals surface area contributed by atoms with Crippen LogP contribution in [0.2, 0.25) is 5.02 Å². The molecule has 2 rings (SSSR count). The van der Waals surface area contributed by atoms with Crippen molar-refractivity contribution in [2.45, 2.75) is 22.2 Å². The lowest BCUT2D eigenvalue weighted by molar-refractivity contribution is 0.817. The third-order valence-electron chi connectivity index (χ3n) is 2.01. The molecule has 0 saturated carbocycles. The predicted molar refractivity (Wildman–Crippen MR) is 68.1 cm³/mol. The maximum Gasteiger partial charge on any atom is 0.174 e. The average molecular weight is 272 g/mol. The SMILES string of the molecule is CC(N)c1ccc(Sc2ncns2)cc1Cl. The number of hydrogen-bond acceptors (Lipinski definition) is 5. The predicted octanol–water partition coefficient (Wildman–Crippen LogP) is 3.36. The molecule has 2 aromatic rings. The van der Waals surface area contributed by atoms with Crippen LogP contribution >= 0.6 is 34.9 Å². The van der Waals surface area contributed by atoms with E-state index >= 15 is 0 Å². The van der Waals surface area contributed by atoms with Gasteiger partial charge in [0, 0.05) is 16.0 Å². The lowest BCUT2D eigenvalue weighted by Crippen LogP contribution is -2.05. The van der Waals surface area contributed by atoms with Crippen molar-refractivity contribution in [2.24, 2.45) is 5.73 Å². The van der Waals surface area contributed by atoms with Crippen LogP contribution in [0.25, 0.3) is 0 Å². The van der Waals surface area contributed by atoms with E-state index in [9.17, 15) is 0 Å². The molecule has 0 amide bonds. The minimum atomic E-state index is -0.0481. The Morgan fingerprint density at radius 1 is 1.50 bits per heavy atom. The highest BCUT2D eigenvalue weighted by Gasteiger charge is 2.07. The van der Waals surface area contributed by atoms with Crippen molar-refractivity contribution >= 4 is 34.9 Å². The summed E-state index contributed by atoms with van der Waals surface area (Å²) in [6, 6.07) is 5.81. The lowest BCUT2D eigenvalue weighted by atomic mass is 10.1. The van der Waals surface area contributed by atoms with Gasteiger partial charge in [-0.25, -0.2) is 4.98 Å². The molecule has 2 N–H and O–H groups in total. The minimum absolute atomic E-state index is 0.0481. The molecule has 1 atom stereocenters. The van der Waals surface area contributed by atoms with E-state index in [0.29, 0.717) is 5.02 Å². The first-order valence-electron chi connectivity index (χ1n) is 4.66. The summed E-state index contributed by atoms with van der Waals surface area (Å²) in [5.74, 6) is 0. The van der Waals surface area contributed by atoms with Gasteiger partial charge < -0.3 is 5.73 Å². The highest BCUT2D eigenvalue weighted by atomic mass is 35.5. The fourth-order valence-electron chi connectivity index (χ4n) is 1.25. The Labute approximate surface area is 107 Å². The fraction of sp³-hybridized carbons (Fsp3) is 0.200. The summed E-state index contributed by atoms with van der Waals surface area (Å²) < 4.78 is 4.85. The first-order chi connectivity index (χ1) is 7.66. The summed E-state index contributed by atoms with van der Waals surface area (Å²) in [5.41, 5.74) is 6.75. The number of benzene rings is 1. The van der Waals surface area contributed by atoms with Gasteiger partial charge in [-0.05, 0) is 36.2 Å². The van der Waals surface area contributed by atoms with Crippen LogP contribution in [-0.4, -0.2) is 9.36 Å². The molecule has 0 radical (unpaired) electrons. The van der Waals surface area contributed by atoms with Crippen LogP contribution in [0.15, 0.2) is 33.8 Å². The van der Waals surface area contributed by atoms with Crippen molar-refractivity contribution in [1.82, 2.24) is 9.36 Å². The van der Waals surface area contributed by atoms with Gasteiger partial charge in [-0.1, -0.05) is 29.4 Å². The highest BCUT2D eigenvalue weighted by molar-refractivity contribution is 8.01. The summed E-state index contributed by atoms with van der Waals surface area (Å²) in [6.45, 7) is 1.92. The Bertz CT molecular complexity index is 471. The molecule has 0 aliphatic rings. The zero-order valence-electron chi connectivity index (χ0n) is 8.55. The third-order valence-corrected chi connectivity index (χ3v) is 4.04. The van der Waals surface area contributed by atoms with Gasteiger partial charge in [-0.2, -0.15) is 4.37 Å². The Kier molecular flexibility index (Phi) is 3.81. The van der Waals surface area contributed by atoms with Crippen LogP contribution in [0.4, 0.5) is 0 Å². The van der Waals surface area contributed by atoms with Gasteiger partial charge >= 0.3 is 0 Å². The molecule has 0 aliphatic heterocycles. The monoisotopic (exact) mass is 271 g/mol. The summed E-state index contributed by atoms with van der Waals surface area (Å²) in [5, 5.41) is 0.699. The Balaban J connectivity index is 2.21. The van der Waals surface area contributed by atoms with Crippen LogP contribution in [-0.2, 0) is 0 Å². The zero-order valence-corrected chi connectivity index (χ0v) is 10.9. The number of halogens is 1. The normalized spacial score (nSPS) is 12.7. The van der Waals surface area contributed by atoms with Crippen molar-refractivity contribution in [3.63, 3.8) is 0 Å². The Morgan fingerprint density at radius 2 is 2.31 bits per heavy atom. The highest BCUT2D eigenvalue weighted by Crippen LogP contribution is 2.32. The van der Waals surface area contributed by atoms with E-state index in [4.69, 9.17) is 17.3 Å². The molecule has 0 bridgehead atoms. The Morgan fingerprint density at radius 3 is 2.88 bits per heavy atom. The van der Waals surface area contributed by atoms with Gasteiger partial charge in [-0.3, -0.25) is 0 Å². The van der Waals surface area contributed by atoms with E-state index < -0.39 is 0 Å². The first-order valence-corrected chi connectivity index (χ1v) is 6.63. The van der Waals surface area contributed by atoms with Crippen LogP contribution in [0.3, 0.4) is 0 Å². The fourth-order valence-corrected chi connectivity index (χ4v) is 3.13. The van der Waals surface area contributed by atoms with Gasteiger partial charge in [0.15, 0.2) is 4.34 Å². The summed E-state index contributed by atoms with van der Waals surface area (Å²) >= 11 is 9.06. The average Bonchev–Trinajstić information content (AvgIpc) is 2.70. The van der Waals surface area contributed by atoms with Crippen molar-refractivity contribution in [3.05, 3.63) is 35.1 Å². The number of hydrogen-bond donors (Lipinski definition) is 1. The van der Waals surface area contributed by atoms with Gasteiger partial charge in [0.25, 0.3) is 0 Å². The van der Waals surface area contributed by atoms with E-state index in [1.807, 2.05) is 25.1 Å². The van der Waals surface area contributed by atoms with Gasteiger partial charge in [0.2, 0.25) is 0 Å². The molecule has 84 valence electrons. The summed E-state index contributed by atoms with van der Waals surface area (Å²) in [7, 11) is 0. The third kappa shape index (κ3) is 2.74. The van der Waals surface area contributed by atoms with Crippen LogP contribution in [0.5, 0.6) is 0 Å². The molecule has 0 saturated heterocycles. The van der Waals surface area contributed by atoms with Gasteiger partial charge in [0.05, 0.1) is 0 Å². The van der Waals surface area contributed by atoms with E-state index in [-0.39, 0.29) is 6.04 Å². The number of rotatable bonds is 3. The molecule has 16 heavy (non-hydrogen) atoms. The van der Waals surface area contributed by atoms with Crippen molar-refractivity contribution in [1.29, 1.82) is 0 Å². The second-order valence-corrected chi connectivity index (χ2v) is 5.79. The minimum Gasteiger partial charge on any atom is -0.324 e. The van der Waals surface area contributed by atoms with Crippen LogP contribution < -0.4 is 5.73 Å². The molecule has 6 heteroatoms. The maximum atomic E-state index is 6.14. The van der Waals surface area contributed by atoms with E-state index in [0.717, 1.165) is 14.8 Å². The van der Waals surface area contributed by atoms with Crippen molar-refractivity contribution in [2.75, 3.05) is 0 Å². The number of nitrogens with zero attached hydrogens (tertiary/aromatic N) is 2. The smallest absolute Gasteiger partial charge is 0.174 e. The number of aromatic nitrogens is 2. The topological polar surface area (TPSA) is 51.8 Å². The van der Waals surface area contributed by atoms with E-state index in [1.165, 1.54) is 11.5 Å². The largest absolute Gasteiger partial charge is 0.324 e. The standard InChI is InChI=1S/C10H10ClN3S2/c1-6(12)8-3-2-7(4-9(8)11)15-10-13-5-14-16-10/h2-6H,12H2,1H3.